The van der Waals surface area contributed by atoms with Gasteiger partial charge in [-0.05, 0) is 33.2 Å². The Morgan fingerprint density at radius 1 is 0.950 bits per heavy atom. The summed E-state index contributed by atoms with van der Waals surface area (Å²) >= 11 is 0. The second-order valence-electron chi connectivity index (χ2n) is 5.97. The smallest absolute Gasteiger partial charge is 0.399 e. The highest BCUT2D eigenvalue weighted by Crippen LogP contribution is 2.36. The molecule has 0 saturated carbocycles. The molecule has 5 nitrogen and oxygen atoms in total. The van der Waals surface area contributed by atoms with Gasteiger partial charge in [0.1, 0.15) is 0 Å². The third-order valence-corrected chi connectivity index (χ3v) is 4.06. The Labute approximate surface area is 118 Å². The molecule has 1 aromatic heterocycles. The van der Waals surface area contributed by atoms with E-state index in [0.717, 1.165) is 11.0 Å². The lowest BCUT2D eigenvalue weighted by atomic mass is 9.79. The minimum atomic E-state index is -0.348. The lowest BCUT2D eigenvalue weighted by molar-refractivity contribution is 0.00578. The van der Waals surface area contributed by atoms with Gasteiger partial charge in [-0.15, -0.1) is 0 Å². The van der Waals surface area contributed by atoms with Gasteiger partial charge in [-0.1, -0.05) is 29.4 Å². The van der Waals surface area contributed by atoms with E-state index in [-0.39, 0.29) is 18.3 Å². The van der Waals surface area contributed by atoms with Crippen LogP contribution in [-0.2, 0) is 9.31 Å². The zero-order valence-electron chi connectivity index (χ0n) is 12.1. The highest BCUT2D eigenvalue weighted by Gasteiger charge is 2.51. The second kappa shape index (κ2) is 4.43. The summed E-state index contributed by atoms with van der Waals surface area (Å²) in [5.41, 5.74) is 1.23. The zero-order valence-corrected chi connectivity index (χ0v) is 12.1. The van der Waals surface area contributed by atoms with Crippen molar-refractivity contribution in [2.45, 2.75) is 38.9 Å². The first kappa shape index (κ1) is 13.3. The predicted molar refractivity (Wildman–Crippen MR) is 75.5 cm³/mol. The van der Waals surface area contributed by atoms with Crippen molar-refractivity contribution in [3.8, 4) is 11.4 Å². The molecule has 6 heteroatoms. The van der Waals surface area contributed by atoms with Crippen LogP contribution in [-0.4, -0.2) is 28.5 Å². The summed E-state index contributed by atoms with van der Waals surface area (Å²) in [6, 6.07) is 7.80. The van der Waals surface area contributed by atoms with Gasteiger partial charge in [0.05, 0.1) is 11.2 Å². The van der Waals surface area contributed by atoms with Crippen LogP contribution >= 0.6 is 0 Å². The monoisotopic (exact) mass is 272 g/mol. The maximum atomic E-state index is 6.01. The van der Waals surface area contributed by atoms with E-state index in [9.17, 15) is 0 Å². The molecule has 1 saturated heterocycles. The maximum Gasteiger partial charge on any atom is 0.494 e. The Balaban J connectivity index is 1.83. The molecule has 0 aliphatic carbocycles. The average Bonchev–Trinajstić information content (AvgIpc) is 2.97. The molecule has 1 aromatic carbocycles. The molecule has 2 heterocycles. The van der Waals surface area contributed by atoms with Crippen molar-refractivity contribution in [3.05, 3.63) is 30.7 Å². The van der Waals surface area contributed by atoms with Gasteiger partial charge < -0.3 is 13.8 Å². The molecule has 0 bridgehead atoms. The zero-order chi connectivity index (χ0) is 14.4. The number of aromatic nitrogens is 2. The van der Waals surface area contributed by atoms with Crippen LogP contribution in [0.25, 0.3) is 11.4 Å². The molecule has 1 aliphatic heterocycles. The van der Waals surface area contributed by atoms with E-state index in [1.54, 1.807) is 0 Å². The average molecular weight is 272 g/mol. The SMILES string of the molecule is CC1(C)OB(c2ccc(-c3ncon3)cc2)OC1(C)C. The van der Waals surface area contributed by atoms with Gasteiger partial charge >= 0.3 is 7.12 Å². The first-order valence-electron chi connectivity index (χ1n) is 6.61. The molecule has 0 atom stereocenters. The molecule has 0 spiro atoms. The Kier molecular flexibility index (Phi) is 2.95. The van der Waals surface area contributed by atoms with Crippen molar-refractivity contribution in [2.75, 3.05) is 0 Å². The molecule has 1 aliphatic rings. The summed E-state index contributed by atoms with van der Waals surface area (Å²) in [6.07, 6.45) is 1.32. The Morgan fingerprint density at radius 2 is 1.55 bits per heavy atom. The molecule has 3 rings (SSSR count). The first-order valence-corrected chi connectivity index (χ1v) is 6.61. The van der Waals surface area contributed by atoms with Crippen molar-refractivity contribution in [2.24, 2.45) is 0 Å². The fraction of sp³-hybridized carbons (Fsp3) is 0.429. The van der Waals surface area contributed by atoms with Crippen LogP contribution in [0.1, 0.15) is 27.7 Å². The minimum absolute atomic E-state index is 0.329. The van der Waals surface area contributed by atoms with Crippen LogP contribution in [0.4, 0.5) is 0 Å². The van der Waals surface area contributed by atoms with Gasteiger partial charge in [-0.3, -0.25) is 0 Å². The van der Waals surface area contributed by atoms with Gasteiger partial charge in [0, 0.05) is 5.56 Å². The van der Waals surface area contributed by atoms with Gasteiger partial charge in [-0.25, -0.2) is 0 Å². The Hall–Kier alpha value is -1.66. The van der Waals surface area contributed by atoms with Crippen molar-refractivity contribution in [1.82, 2.24) is 10.1 Å². The van der Waals surface area contributed by atoms with Gasteiger partial charge in [0.2, 0.25) is 12.2 Å². The molecule has 0 N–H and O–H groups in total. The molecular formula is C14H17BN2O3. The van der Waals surface area contributed by atoms with Gasteiger partial charge in [-0.2, -0.15) is 4.98 Å². The normalized spacial score (nSPS) is 20.3. The van der Waals surface area contributed by atoms with Crippen LogP contribution < -0.4 is 5.46 Å². The fourth-order valence-corrected chi connectivity index (χ4v) is 2.07. The Bertz CT molecular complexity index is 577. The van der Waals surface area contributed by atoms with Crippen LogP contribution in [0.5, 0.6) is 0 Å². The standard InChI is InChI=1S/C14H17BN2O3/c1-13(2)14(3,4)20-15(19-13)11-7-5-10(6-8-11)12-16-9-18-17-12/h5-9H,1-4H3. The summed E-state index contributed by atoms with van der Waals surface area (Å²) < 4.78 is 16.8. The highest BCUT2D eigenvalue weighted by atomic mass is 16.7. The van der Waals surface area contributed by atoms with E-state index in [0.29, 0.717) is 5.82 Å². The molecular weight excluding hydrogens is 255 g/mol. The molecule has 2 aromatic rings. The number of hydrogen-bond donors (Lipinski definition) is 0. The fourth-order valence-electron chi connectivity index (χ4n) is 2.07. The summed E-state index contributed by atoms with van der Waals surface area (Å²) in [5.74, 6) is 0.575. The number of rotatable bonds is 2. The summed E-state index contributed by atoms with van der Waals surface area (Å²) in [7, 11) is -0.348. The highest BCUT2D eigenvalue weighted by molar-refractivity contribution is 6.62. The maximum absolute atomic E-state index is 6.01. The van der Waals surface area contributed by atoms with Crippen LogP contribution in [0.2, 0.25) is 0 Å². The van der Waals surface area contributed by atoms with Crippen molar-refractivity contribution >= 4 is 12.6 Å². The van der Waals surface area contributed by atoms with E-state index in [2.05, 4.69) is 10.1 Å². The van der Waals surface area contributed by atoms with E-state index in [1.807, 2.05) is 52.0 Å². The third kappa shape index (κ3) is 2.15. The number of benzene rings is 1. The van der Waals surface area contributed by atoms with Crippen LogP contribution in [0.15, 0.2) is 35.2 Å². The van der Waals surface area contributed by atoms with E-state index < -0.39 is 0 Å². The predicted octanol–water partition coefficient (Wildman–Crippen LogP) is 2.04. The molecule has 0 unspecified atom stereocenters. The topological polar surface area (TPSA) is 57.4 Å². The molecule has 0 amide bonds. The van der Waals surface area contributed by atoms with Gasteiger partial charge in [0.25, 0.3) is 0 Å². The first-order chi connectivity index (χ1) is 9.39. The molecule has 1 fully saturated rings. The van der Waals surface area contributed by atoms with E-state index in [4.69, 9.17) is 13.8 Å². The lowest BCUT2D eigenvalue weighted by Gasteiger charge is -2.32. The summed E-state index contributed by atoms with van der Waals surface area (Å²) in [4.78, 5) is 4.02. The molecule has 0 radical (unpaired) electrons. The van der Waals surface area contributed by atoms with Gasteiger partial charge in [0.15, 0.2) is 0 Å². The van der Waals surface area contributed by atoms with Crippen LogP contribution in [0, 0.1) is 0 Å². The van der Waals surface area contributed by atoms with Crippen molar-refractivity contribution in [3.63, 3.8) is 0 Å². The Morgan fingerprint density at radius 3 is 2.05 bits per heavy atom. The van der Waals surface area contributed by atoms with E-state index >= 15 is 0 Å². The molecule has 104 valence electrons. The summed E-state index contributed by atoms with van der Waals surface area (Å²) in [6.45, 7) is 8.17. The van der Waals surface area contributed by atoms with Crippen molar-refractivity contribution in [1.29, 1.82) is 0 Å². The third-order valence-electron chi connectivity index (χ3n) is 4.06. The second-order valence-corrected chi connectivity index (χ2v) is 5.97. The van der Waals surface area contributed by atoms with Crippen LogP contribution in [0.3, 0.4) is 0 Å². The van der Waals surface area contributed by atoms with E-state index in [1.165, 1.54) is 6.39 Å². The lowest BCUT2D eigenvalue weighted by Crippen LogP contribution is -2.41. The number of hydrogen-bond acceptors (Lipinski definition) is 5. The minimum Gasteiger partial charge on any atom is -0.399 e. The largest absolute Gasteiger partial charge is 0.494 e. The molecule has 20 heavy (non-hydrogen) atoms. The summed E-state index contributed by atoms with van der Waals surface area (Å²) in [5, 5.41) is 3.81. The van der Waals surface area contributed by atoms with Crippen molar-refractivity contribution < 1.29 is 13.8 Å². The quantitative estimate of drug-likeness (QED) is 0.783. The number of nitrogens with zero attached hydrogens (tertiary/aromatic N) is 2.